The predicted octanol–water partition coefficient (Wildman–Crippen LogP) is -1.06. The van der Waals surface area contributed by atoms with Crippen LogP contribution in [0.1, 0.15) is 12.8 Å². The summed E-state index contributed by atoms with van der Waals surface area (Å²) in [5.74, 6) is 0. The van der Waals surface area contributed by atoms with E-state index in [0.29, 0.717) is 21.2 Å². The fourth-order valence-electron chi connectivity index (χ4n) is 0.731. The molecule has 1 aliphatic rings. The molecule has 0 aromatic carbocycles. The molecule has 0 radical (unpaired) electrons. The Morgan fingerprint density at radius 3 is 2.88 bits per heavy atom. The van der Waals surface area contributed by atoms with Crippen LogP contribution in [0.4, 0.5) is 0 Å². The molecule has 0 amide bonds. The first kappa shape index (κ1) is 6.33. The molecule has 1 aliphatic carbocycles. The Balaban J connectivity index is 2.50. The van der Waals surface area contributed by atoms with Gasteiger partial charge in [0.1, 0.15) is 0 Å². The Bertz CT molecular complexity index is 122. The predicted molar refractivity (Wildman–Crippen MR) is 32.4 cm³/mol. The topological polar surface area (TPSA) is 0 Å². The summed E-state index contributed by atoms with van der Waals surface area (Å²) in [6, 6.07) is 0. The number of hydrogen-bond acceptors (Lipinski definition) is 0. The molecule has 0 atom stereocenters. The molecule has 8 heavy (non-hydrogen) atoms. The van der Waals surface area contributed by atoms with Crippen molar-refractivity contribution in [2.45, 2.75) is 12.8 Å². The first-order chi connectivity index (χ1) is 3.93. The Hall–Kier alpha value is 0.210. The van der Waals surface area contributed by atoms with Gasteiger partial charge >= 0.3 is 60.8 Å². The van der Waals surface area contributed by atoms with E-state index >= 15 is 0 Å². The summed E-state index contributed by atoms with van der Waals surface area (Å²) in [4.78, 5) is 2.32. The third-order valence-electron chi connectivity index (χ3n) is 1.21. The molecule has 0 aliphatic heterocycles. The molecule has 0 bridgehead atoms. The van der Waals surface area contributed by atoms with Gasteiger partial charge in [-0.15, -0.1) is 0 Å². The third kappa shape index (κ3) is 1.62. The van der Waals surface area contributed by atoms with E-state index in [0.717, 1.165) is 0 Å². The standard InChI is InChI=1S/C7H10I/c1-8-7-5-3-2-4-6-7/h2-3,5H,4,6H2,1H3/q-1. The summed E-state index contributed by atoms with van der Waals surface area (Å²) >= 11 is 0.396. The second kappa shape index (κ2) is 3.28. The van der Waals surface area contributed by atoms with Crippen molar-refractivity contribution in [3.63, 3.8) is 0 Å². The van der Waals surface area contributed by atoms with Gasteiger partial charge in [0.25, 0.3) is 0 Å². The van der Waals surface area contributed by atoms with Crippen LogP contribution in [0.25, 0.3) is 0 Å². The SMILES string of the molecule is C[I-]C1=CC=CCC1. The van der Waals surface area contributed by atoms with Crippen LogP contribution < -0.4 is 21.2 Å². The number of rotatable bonds is 1. The Morgan fingerprint density at radius 1 is 1.62 bits per heavy atom. The molecule has 46 valence electrons. The van der Waals surface area contributed by atoms with Crippen LogP contribution in [0.2, 0.25) is 0 Å². The zero-order chi connectivity index (χ0) is 5.82. The van der Waals surface area contributed by atoms with E-state index in [1.165, 1.54) is 12.8 Å². The number of allylic oxidation sites excluding steroid dienone is 4. The molecule has 0 heterocycles. The van der Waals surface area contributed by atoms with Crippen molar-refractivity contribution in [2.24, 2.45) is 0 Å². The van der Waals surface area contributed by atoms with Gasteiger partial charge in [-0.25, -0.2) is 0 Å². The molecule has 0 saturated heterocycles. The molecule has 0 fully saturated rings. The van der Waals surface area contributed by atoms with Gasteiger partial charge < -0.3 is 0 Å². The maximum atomic E-state index is 2.32. The van der Waals surface area contributed by atoms with Crippen LogP contribution in [-0.2, 0) is 0 Å². The second-order valence-electron chi connectivity index (χ2n) is 1.77. The van der Waals surface area contributed by atoms with Crippen molar-refractivity contribution in [1.29, 1.82) is 0 Å². The van der Waals surface area contributed by atoms with Gasteiger partial charge in [-0.2, -0.15) is 0 Å². The van der Waals surface area contributed by atoms with Crippen molar-refractivity contribution in [1.82, 2.24) is 0 Å². The molecule has 0 unspecified atom stereocenters. The van der Waals surface area contributed by atoms with Gasteiger partial charge in [-0.3, -0.25) is 0 Å². The quantitative estimate of drug-likeness (QED) is 0.391. The van der Waals surface area contributed by atoms with E-state index in [4.69, 9.17) is 0 Å². The summed E-state index contributed by atoms with van der Waals surface area (Å²) in [7, 11) is 0. The first-order valence-electron chi connectivity index (χ1n) is 2.78. The molecule has 1 heteroatoms. The van der Waals surface area contributed by atoms with E-state index in [2.05, 4.69) is 23.2 Å². The number of halogens is 1. The first-order valence-corrected chi connectivity index (χ1v) is 6.02. The number of hydrogen-bond donors (Lipinski definition) is 0. The summed E-state index contributed by atoms with van der Waals surface area (Å²) in [6.45, 7) is 0. The van der Waals surface area contributed by atoms with Crippen LogP contribution in [0, 0.1) is 0 Å². The van der Waals surface area contributed by atoms with E-state index in [9.17, 15) is 0 Å². The Labute approximate surface area is 60.9 Å². The number of alkyl halides is 1. The second-order valence-corrected chi connectivity index (χ2v) is 4.23. The van der Waals surface area contributed by atoms with Crippen molar-refractivity contribution in [2.75, 3.05) is 4.93 Å². The van der Waals surface area contributed by atoms with Gasteiger partial charge in [0.15, 0.2) is 0 Å². The Kier molecular flexibility index (Phi) is 2.59. The van der Waals surface area contributed by atoms with E-state index in [1.807, 2.05) is 0 Å². The van der Waals surface area contributed by atoms with Gasteiger partial charge in [0, 0.05) is 0 Å². The van der Waals surface area contributed by atoms with Crippen LogP contribution in [0.5, 0.6) is 0 Å². The molecule has 0 N–H and O–H groups in total. The molecule has 0 saturated carbocycles. The van der Waals surface area contributed by atoms with Gasteiger partial charge in [-0.05, 0) is 0 Å². The molecular weight excluding hydrogens is 211 g/mol. The van der Waals surface area contributed by atoms with Crippen LogP contribution >= 0.6 is 0 Å². The average molecular weight is 221 g/mol. The van der Waals surface area contributed by atoms with Crippen molar-refractivity contribution >= 4 is 0 Å². The summed E-state index contributed by atoms with van der Waals surface area (Å²) in [5, 5.41) is 0. The zero-order valence-corrected chi connectivity index (χ0v) is 7.18. The summed E-state index contributed by atoms with van der Waals surface area (Å²) in [5.41, 5.74) is 0. The molecule has 0 nitrogen and oxygen atoms in total. The summed E-state index contributed by atoms with van der Waals surface area (Å²) < 4.78 is 1.70. The molecule has 1 rings (SSSR count). The van der Waals surface area contributed by atoms with Crippen LogP contribution in [-0.4, -0.2) is 4.93 Å². The van der Waals surface area contributed by atoms with Crippen LogP contribution in [0.3, 0.4) is 0 Å². The van der Waals surface area contributed by atoms with Crippen molar-refractivity contribution in [3.8, 4) is 0 Å². The monoisotopic (exact) mass is 221 g/mol. The maximum absolute atomic E-state index is 2.32. The Morgan fingerprint density at radius 2 is 2.50 bits per heavy atom. The van der Waals surface area contributed by atoms with Gasteiger partial charge in [0.2, 0.25) is 0 Å². The summed E-state index contributed by atoms with van der Waals surface area (Å²) in [6.07, 6.45) is 9.31. The van der Waals surface area contributed by atoms with Crippen molar-refractivity contribution < 1.29 is 21.2 Å². The fourth-order valence-corrected chi connectivity index (χ4v) is 2.15. The minimum atomic E-state index is 0.396. The molecular formula is C7H10I-. The fraction of sp³-hybridized carbons (Fsp3) is 0.429. The minimum absolute atomic E-state index is 0.396. The van der Waals surface area contributed by atoms with E-state index in [1.54, 1.807) is 3.58 Å². The third-order valence-corrected chi connectivity index (χ3v) is 3.49. The van der Waals surface area contributed by atoms with Gasteiger partial charge in [0.05, 0.1) is 0 Å². The average Bonchev–Trinajstić information content (AvgIpc) is 1.90. The van der Waals surface area contributed by atoms with Gasteiger partial charge in [-0.1, -0.05) is 0 Å². The van der Waals surface area contributed by atoms with Crippen LogP contribution in [0.15, 0.2) is 21.8 Å². The van der Waals surface area contributed by atoms with E-state index in [-0.39, 0.29) is 0 Å². The zero-order valence-electron chi connectivity index (χ0n) is 5.02. The molecule has 0 aromatic heterocycles. The van der Waals surface area contributed by atoms with Crippen molar-refractivity contribution in [3.05, 3.63) is 21.8 Å². The van der Waals surface area contributed by atoms with E-state index < -0.39 is 0 Å². The molecule has 0 spiro atoms. The normalized spacial score (nSPS) is 18.9. The molecule has 0 aromatic rings.